The quantitative estimate of drug-likeness (QED) is 0.371. The molecule has 0 amide bonds. The smallest absolute Gasteiger partial charge is 0.117 e. The molecule has 1 fully saturated rings. The molecule has 1 rings (SSSR count). The van der Waals surface area contributed by atoms with Crippen molar-refractivity contribution >= 4 is 0 Å². The summed E-state index contributed by atoms with van der Waals surface area (Å²) in [7, 11) is 0. The Hall–Kier alpha value is -2.06. The van der Waals surface area contributed by atoms with E-state index in [9.17, 15) is 5.11 Å². The van der Waals surface area contributed by atoms with E-state index in [2.05, 4.69) is 56.0 Å². The molecule has 2 heteroatoms. The molecule has 25 heavy (non-hydrogen) atoms. The first-order chi connectivity index (χ1) is 12.2. The van der Waals surface area contributed by atoms with Gasteiger partial charge < -0.3 is 9.84 Å². The molecule has 0 spiro atoms. The molecule has 0 aromatic rings. The molecular weight excluding hydrogens is 308 g/mol. The van der Waals surface area contributed by atoms with Gasteiger partial charge in [-0.3, -0.25) is 0 Å². The molecule has 0 bridgehead atoms. The minimum Gasteiger partial charge on any atom is -0.491 e. The van der Waals surface area contributed by atoms with Gasteiger partial charge in [-0.15, -0.1) is 0 Å². The topological polar surface area (TPSA) is 29.5 Å². The monoisotopic (exact) mass is 340 g/mol. The number of rotatable bonds is 11. The van der Waals surface area contributed by atoms with Gasteiger partial charge in [0.05, 0.1) is 11.9 Å². The minimum absolute atomic E-state index is 0.201. The van der Waals surface area contributed by atoms with Crippen LogP contribution in [0.5, 0.6) is 0 Å². The van der Waals surface area contributed by atoms with Crippen molar-refractivity contribution in [1.82, 2.24) is 0 Å². The lowest BCUT2D eigenvalue weighted by Gasteiger charge is -2.02. The second-order valence-electron chi connectivity index (χ2n) is 5.99. The molecule has 0 aliphatic carbocycles. The van der Waals surface area contributed by atoms with Gasteiger partial charge in [0.1, 0.15) is 6.10 Å². The molecule has 136 valence electrons. The van der Waals surface area contributed by atoms with Crippen molar-refractivity contribution in [3.8, 4) is 0 Å². The van der Waals surface area contributed by atoms with Gasteiger partial charge in [-0.25, -0.2) is 0 Å². The average molecular weight is 341 g/mol. The predicted molar refractivity (Wildman–Crippen MR) is 108 cm³/mol. The first-order valence-electron chi connectivity index (χ1n) is 9.21. The molecule has 2 atom stereocenters. The Bertz CT molecular complexity index is 532. The number of allylic oxidation sites excluding steroid dienone is 10. The first kappa shape index (κ1) is 21.0. The molecule has 1 aliphatic heterocycles. The highest BCUT2D eigenvalue weighted by atomic mass is 16.5. The van der Waals surface area contributed by atoms with Crippen molar-refractivity contribution in [2.24, 2.45) is 0 Å². The zero-order chi connectivity index (χ0) is 18.2. The van der Waals surface area contributed by atoms with Crippen LogP contribution in [0.25, 0.3) is 0 Å². The van der Waals surface area contributed by atoms with E-state index in [1.165, 1.54) is 0 Å². The van der Waals surface area contributed by atoms with Crippen LogP contribution in [0.15, 0.2) is 85.3 Å². The number of aliphatic hydroxyl groups is 1. The van der Waals surface area contributed by atoms with E-state index in [4.69, 9.17) is 4.74 Å². The average Bonchev–Trinajstić information content (AvgIpc) is 3.01. The Morgan fingerprint density at radius 1 is 1.04 bits per heavy atom. The third-order valence-electron chi connectivity index (χ3n) is 3.67. The SMILES string of the molecule is C=C1CCC(/C=C/C=C\C/C=C\C/C=C\C=C\[C@@H](O)C/C=C\CC)O1. The van der Waals surface area contributed by atoms with Crippen molar-refractivity contribution in [3.05, 3.63) is 85.3 Å². The maximum Gasteiger partial charge on any atom is 0.117 e. The van der Waals surface area contributed by atoms with Crippen molar-refractivity contribution in [2.75, 3.05) is 0 Å². The Labute approximate surface area is 153 Å². The lowest BCUT2D eigenvalue weighted by Crippen LogP contribution is -1.98. The fraction of sp³-hybridized carbons (Fsp3) is 0.391. The van der Waals surface area contributed by atoms with Crippen LogP contribution in [-0.2, 0) is 4.74 Å². The van der Waals surface area contributed by atoms with Crippen LogP contribution in [0.3, 0.4) is 0 Å². The standard InChI is InChI=1S/C23H32O2/c1-3-4-13-16-22(24)17-14-11-9-7-5-6-8-10-12-15-18-23-20-19-21(2)25-23/h4-6,9-15,17-18,22-24H,2-3,7-8,16,19-20H2,1H3/b6-5-,11-9-,12-10-,13-4-,17-14+,18-15+/t22-,23?/m0/s1. The Morgan fingerprint density at radius 2 is 1.76 bits per heavy atom. The van der Waals surface area contributed by atoms with E-state index in [1.807, 2.05) is 30.4 Å². The summed E-state index contributed by atoms with van der Waals surface area (Å²) in [5.41, 5.74) is 0. The van der Waals surface area contributed by atoms with Gasteiger partial charge in [0.25, 0.3) is 0 Å². The zero-order valence-electron chi connectivity index (χ0n) is 15.4. The van der Waals surface area contributed by atoms with Crippen molar-refractivity contribution in [1.29, 1.82) is 0 Å². The van der Waals surface area contributed by atoms with E-state index in [1.54, 1.807) is 0 Å². The van der Waals surface area contributed by atoms with Crippen LogP contribution in [0.2, 0.25) is 0 Å². The van der Waals surface area contributed by atoms with E-state index in [-0.39, 0.29) is 6.10 Å². The van der Waals surface area contributed by atoms with Crippen LogP contribution in [0.1, 0.15) is 45.4 Å². The summed E-state index contributed by atoms with van der Waals surface area (Å²) in [6, 6.07) is 0. The van der Waals surface area contributed by atoms with Gasteiger partial charge in [0.15, 0.2) is 0 Å². The van der Waals surface area contributed by atoms with E-state index >= 15 is 0 Å². The Morgan fingerprint density at radius 3 is 2.40 bits per heavy atom. The lowest BCUT2D eigenvalue weighted by atomic mass is 10.2. The molecule has 0 aromatic heterocycles. The summed E-state index contributed by atoms with van der Waals surface area (Å²) >= 11 is 0. The van der Waals surface area contributed by atoms with Gasteiger partial charge >= 0.3 is 0 Å². The van der Waals surface area contributed by atoms with Crippen LogP contribution in [0, 0.1) is 0 Å². The van der Waals surface area contributed by atoms with Gasteiger partial charge in [0.2, 0.25) is 0 Å². The molecule has 0 radical (unpaired) electrons. The van der Waals surface area contributed by atoms with Gasteiger partial charge in [-0.1, -0.05) is 80.3 Å². The maximum atomic E-state index is 9.69. The largest absolute Gasteiger partial charge is 0.491 e. The molecule has 1 saturated heterocycles. The number of hydrogen-bond donors (Lipinski definition) is 1. The van der Waals surface area contributed by atoms with Crippen LogP contribution in [0.4, 0.5) is 0 Å². The summed E-state index contributed by atoms with van der Waals surface area (Å²) in [6.45, 7) is 5.91. The normalized spacial score (nSPS) is 20.4. The molecule has 1 N–H and O–H groups in total. The number of ether oxygens (including phenoxy) is 1. The Balaban J connectivity index is 2.07. The van der Waals surface area contributed by atoms with Crippen molar-refractivity contribution in [3.63, 3.8) is 0 Å². The molecule has 1 unspecified atom stereocenters. The molecule has 0 saturated carbocycles. The van der Waals surface area contributed by atoms with E-state index in [0.29, 0.717) is 6.42 Å². The Kier molecular flexibility index (Phi) is 12.0. The van der Waals surface area contributed by atoms with E-state index < -0.39 is 6.10 Å². The van der Waals surface area contributed by atoms with Gasteiger partial charge in [0, 0.05) is 6.42 Å². The second-order valence-corrected chi connectivity index (χ2v) is 5.99. The second kappa shape index (κ2) is 14.3. The summed E-state index contributed by atoms with van der Waals surface area (Å²) in [4.78, 5) is 0. The summed E-state index contributed by atoms with van der Waals surface area (Å²) in [6.07, 6.45) is 29.8. The van der Waals surface area contributed by atoms with Crippen LogP contribution >= 0.6 is 0 Å². The number of aliphatic hydroxyl groups excluding tert-OH is 1. The highest BCUT2D eigenvalue weighted by Crippen LogP contribution is 2.21. The minimum atomic E-state index is -0.395. The zero-order valence-corrected chi connectivity index (χ0v) is 15.4. The van der Waals surface area contributed by atoms with Gasteiger partial charge in [-0.2, -0.15) is 0 Å². The lowest BCUT2D eigenvalue weighted by molar-refractivity contribution is 0.203. The first-order valence-corrected chi connectivity index (χ1v) is 9.21. The molecular formula is C23H32O2. The van der Waals surface area contributed by atoms with E-state index in [0.717, 1.165) is 37.9 Å². The van der Waals surface area contributed by atoms with Crippen molar-refractivity contribution in [2.45, 2.75) is 57.7 Å². The summed E-state index contributed by atoms with van der Waals surface area (Å²) in [5, 5.41) is 9.69. The summed E-state index contributed by atoms with van der Waals surface area (Å²) in [5.74, 6) is 0.896. The van der Waals surface area contributed by atoms with Gasteiger partial charge in [-0.05, 0) is 38.2 Å². The fourth-order valence-corrected chi connectivity index (χ4v) is 2.30. The molecule has 1 heterocycles. The summed E-state index contributed by atoms with van der Waals surface area (Å²) < 4.78 is 5.53. The highest BCUT2D eigenvalue weighted by Gasteiger charge is 2.14. The molecule has 0 aromatic carbocycles. The highest BCUT2D eigenvalue weighted by molar-refractivity contribution is 5.10. The predicted octanol–water partition coefficient (Wildman–Crippen LogP) is 5.96. The van der Waals surface area contributed by atoms with Crippen LogP contribution in [-0.4, -0.2) is 17.3 Å². The number of hydrogen-bond acceptors (Lipinski definition) is 2. The van der Waals surface area contributed by atoms with Crippen molar-refractivity contribution < 1.29 is 9.84 Å². The fourth-order valence-electron chi connectivity index (χ4n) is 2.30. The third-order valence-corrected chi connectivity index (χ3v) is 3.67. The third kappa shape index (κ3) is 12.0. The maximum absolute atomic E-state index is 9.69. The van der Waals surface area contributed by atoms with Crippen LogP contribution < -0.4 is 0 Å². The molecule has 1 aliphatic rings. The molecule has 2 nitrogen and oxygen atoms in total.